The summed E-state index contributed by atoms with van der Waals surface area (Å²) in [7, 11) is 0. The number of hydrogen-bond donors (Lipinski definition) is 1. The molecule has 3 heteroatoms. The molecule has 1 aliphatic heterocycles. The third-order valence-corrected chi connectivity index (χ3v) is 4.85. The van der Waals surface area contributed by atoms with Crippen molar-refractivity contribution < 1.29 is 4.74 Å². The van der Waals surface area contributed by atoms with Gasteiger partial charge in [0.1, 0.15) is 5.75 Å². The summed E-state index contributed by atoms with van der Waals surface area (Å²) >= 11 is 0. The van der Waals surface area contributed by atoms with Gasteiger partial charge in [0.2, 0.25) is 0 Å². The van der Waals surface area contributed by atoms with Crippen LogP contribution in [0.15, 0.2) is 48.5 Å². The van der Waals surface area contributed by atoms with Crippen molar-refractivity contribution in [2.24, 2.45) is 0 Å². The second kappa shape index (κ2) is 6.70. The molecule has 0 bridgehead atoms. The summed E-state index contributed by atoms with van der Waals surface area (Å²) in [5, 5.41) is 4.94. The van der Waals surface area contributed by atoms with Crippen molar-refractivity contribution in [1.82, 2.24) is 9.88 Å². The molecule has 0 amide bonds. The van der Waals surface area contributed by atoms with Gasteiger partial charge >= 0.3 is 0 Å². The number of fused-ring (bicyclic) bond motifs is 3. The van der Waals surface area contributed by atoms with E-state index < -0.39 is 0 Å². The monoisotopic (exact) mass is 320 g/mol. The fourth-order valence-corrected chi connectivity index (χ4v) is 3.63. The third-order valence-electron chi connectivity index (χ3n) is 4.85. The van der Waals surface area contributed by atoms with E-state index in [0.29, 0.717) is 0 Å². The van der Waals surface area contributed by atoms with E-state index in [2.05, 4.69) is 53.2 Å². The maximum Gasteiger partial charge on any atom is 0.119 e. The zero-order valence-electron chi connectivity index (χ0n) is 14.2. The number of nitrogens with zero attached hydrogens (tertiary/aromatic N) is 1. The minimum atomic E-state index is 0.748. The van der Waals surface area contributed by atoms with E-state index in [1.54, 1.807) is 0 Å². The van der Waals surface area contributed by atoms with Crippen molar-refractivity contribution in [3.8, 4) is 5.75 Å². The molecule has 0 unspecified atom stereocenters. The lowest BCUT2D eigenvalue weighted by Gasteiger charge is -2.17. The van der Waals surface area contributed by atoms with Crippen LogP contribution in [-0.2, 0) is 19.5 Å². The second-order valence-electron chi connectivity index (χ2n) is 6.54. The Kier molecular flexibility index (Phi) is 4.26. The number of rotatable bonds is 5. The Morgan fingerprint density at radius 3 is 2.79 bits per heavy atom. The van der Waals surface area contributed by atoms with Gasteiger partial charge in [-0.3, -0.25) is 0 Å². The summed E-state index contributed by atoms with van der Waals surface area (Å²) in [6, 6.07) is 17.1. The lowest BCUT2D eigenvalue weighted by molar-refractivity contribution is 0.301. The SMILES string of the molecule is Cc1ccc(OCCCn2c3c(c4ccccc42)CCNC3)cc1. The third kappa shape index (κ3) is 2.92. The quantitative estimate of drug-likeness (QED) is 0.717. The van der Waals surface area contributed by atoms with Gasteiger partial charge in [0.25, 0.3) is 0 Å². The standard InChI is InChI=1S/C21H24N2O/c1-16-7-9-17(10-8-16)24-14-4-13-23-20-6-3-2-5-18(20)19-11-12-22-15-21(19)23/h2-3,5-10,22H,4,11-15H2,1H3. The Bertz CT molecular complexity index is 833. The van der Waals surface area contributed by atoms with Crippen LogP contribution in [0.1, 0.15) is 23.2 Å². The molecule has 0 aliphatic carbocycles. The summed E-state index contributed by atoms with van der Waals surface area (Å²) in [5.41, 5.74) is 5.61. The van der Waals surface area contributed by atoms with Gasteiger partial charge in [0.15, 0.2) is 0 Å². The van der Waals surface area contributed by atoms with Crippen molar-refractivity contribution in [3.05, 3.63) is 65.4 Å². The van der Waals surface area contributed by atoms with Crippen LogP contribution in [0.2, 0.25) is 0 Å². The lowest BCUT2D eigenvalue weighted by Crippen LogP contribution is -2.25. The molecule has 1 aromatic heterocycles. The molecule has 0 saturated heterocycles. The van der Waals surface area contributed by atoms with Crippen molar-refractivity contribution >= 4 is 10.9 Å². The van der Waals surface area contributed by atoms with Crippen LogP contribution in [0.4, 0.5) is 0 Å². The molecule has 4 rings (SSSR count). The zero-order chi connectivity index (χ0) is 16.4. The molecule has 0 spiro atoms. The molecular formula is C21H24N2O. The molecule has 0 saturated carbocycles. The van der Waals surface area contributed by atoms with Crippen LogP contribution in [-0.4, -0.2) is 17.7 Å². The highest BCUT2D eigenvalue weighted by atomic mass is 16.5. The largest absolute Gasteiger partial charge is 0.494 e. The van der Waals surface area contributed by atoms with Crippen LogP contribution in [0, 0.1) is 6.92 Å². The Labute approximate surface area is 143 Å². The van der Waals surface area contributed by atoms with Crippen LogP contribution < -0.4 is 10.1 Å². The van der Waals surface area contributed by atoms with Crippen LogP contribution >= 0.6 is 0 Å². The van der Waals surface area contributed by atoms with Crippen molar-refractivity contribution in [3.63, 3.8) is 0 Å². The normalized spacial score (nSPS) is 13.9. The first-order chi connectivity index (χ1) is 11.8. The molecule has 3 nitrogen and oxygen atoms in total. The molecule has 1 N–H and O–H groups in total. The fourth-order valence-electron chi connectivity index (χ4n) is 3.63. The smallest absolute Gasteiger partial charge is 0.119 e. The molecular weight excluding hydrogens is 296 g/mol. The highest BCUT2D eigenvalue weighted by molar-refractivity contribution is 5.85. The first kappa shape index (κ1) is 15.3. The predicted molar refractivity (Wildman–Crippen MR) is 98.6 cm³/mol. The first-order valence-corrected chi connectivity index (χ1v) is 8.82. The second-order valence-corrected chi connectivity index (χ2v) is 6.54. The molecule has 3 aromatic rings. The van der Waals surface area contributed by atoms with E-state index in [4.69, 9.17) is 4.74 Å². The molecule has 124 valence electrons. The van der Waals surface area contributed by atoms with Crippen molar-refractivity contribution in [2.45, 2.75) is 32.9 Å². The number of hydrogen-bond acceptors (Lipinski definition) is 2. The minimum Gasteiger partial charge on any atom is -0.494 e. The van der Waals surface area contributed by atoms with Crippen molar-refractivity contribution in [1.29, 1.82) is 0 Å². The Hall–Kier alpha value is -2.26. The van der Waals surface area contributed by atoms with E-state index in [0.717, 1.165) is 44.8 Å². The highest BCUT2D eigenvalue weighted by Crippen LogP contribution is 2.28. The van der Waals surface area contributed by atoms with Gasteiger partial charge in [-0.2, -0.15) is 0 Å². The van der Waals surface area contributed by atoms with Crippen molar-refractivity contribution in [2.75, 3.05) is 13.2 Å². The molecule has 0 fully saturated rings. The van der Waals surface area contributed by atoms with E-state index >= 15 is 0 Å². The van der Waals surface area contributed by atoms with Gasteiger partial charge in [-0.05, 0) is 50.1 Å². The fraction of sp³-hybridized carbons (Fsp3) is 0.333. The number of benzene rings is 2. The average Bonchev–Trinajstić information content (AvgIpc) is 2.95. The molecule has 0 atom stereocenters. The summed E-state index contributed by atoms with van der Waals surface area (Å²) in [4.78, 5) is 0. The number of ether oxygens (including phenoxy) is 1. The number of aromatic nitrogens is 1. The summed E-state index contributed by atoms with van der Waals surface area (Å²) in [6.45, 7) is 5.90. The van der Waals surface area contributed by atoms with Gasteiger partial charge in [-0.25, -0.2) is 0 Å². The van der Waals surface area contributed by atoms with Gasteiger partial charge < -0.3 is 14.6 Å². The Morgan fingerprint density at radius 1 is 1.08 bits per heavy atom. The van der Waals surface area contributed by atoms with E-state index in [9.17, 15) is 0 Å². The number of aryl methyl sites for hydroxylation is 2. The topological polar surface area (TPSA) is 26.2 Å². The van der Waals surface area contributed by atoms with E-state index in [-0.39, 0.29) is 0 Å². The summed E-state index contributed by atoms with van der Waals surface area (Å²) in [6.07, 6.45) is 2.14. The minimum absolute atomic E-state index is 0.748. The number of nitrogens with one attached hydrogen (secondary N) is 1. The molecule has 0 radical (unpaired) electrons. The molecule has 1 aliphatic rings. The van der Waals surface area contributed by atoms with Crippen LogP contribution in [0.5, 0.6) is 5.75 Å². The Balaban J connectivity index is 1.47. The van der Waals surface area contributed by atoms with E-state index in [1.165, 1.54) is 27.7 Å². The maximum atomic E-state index is 5.89. The average molecular weight is 320 g/mol. The van der Waals surface area contributed by atoms with Crippen LogP contribution in [0.3, 0.4) is 0 Å². The number of para-hydroxylation sites is 1. The molecule has 2 aromatic carbocycles. The van der Waals surface area contributed by atoms with Gasteiger partial charge in [0, 0.05) is 29.7 Å². The summed E-state index contributed by atoms with van der Waals surface area (Å²) in [5.74, 6) is 0.960. The lowest BCUT2D eigenvalue weighted by atomic mass is 10.1. The van der Waals surface area contributed by atoms with Gasteiger partial charge in [-0.1, -0.05) is 35.9 Å². The zero-order valence-corrected chi connectivity index (χ0v) is 14.2. The molecule has 24 heavy (non-hydrogen) atoms. The van der Waals surface area contributed by atoms with Gasteiger partial charge in [0.05, 0.1) is 6.61 Å². The van der Waals surface area contributed by atoms with Crippen LogP contribution in [0.25, 0.3) is 10.9 Å². The molecule has 2 heterocycles. The maximum absolute atomic E-state index is 5.89. The Morgan fingerprint density at radius 2 is 1.92 bits per heavy atom. The highest BCUT2D eigenvalue weighted by Gasteiger charge is 2.18. The predicted octanol–water partition coefficient (Wildman–Crippen LogP) is 4.06. The first-order valence-electron chi connectivity index (χ1n) is 8.82. The van der Waals surface area contributed by atoms with E-state index in [1.807, 2.05) is 12.1 Å². The van der Waals surface area contributed by atoms with Gasteiger partial charge in [-0.15, -0.1) is 0 Å². The summed E-state index contributed by atoms with van der Waals surface area (Å²) < 4.78 is 8.37.